The third kappa shape index (κ3) is 6.34. The van der Waals surface area contributed by atoms with Gasteiger partial charge in [0.15, 0.2) is 15.6 Å². The fraction of sp³-hybridized carbons (Fsp3) is 0.375. The van der Waals surface area contributed by atoms with E-state index in [0.717, 1.165) is 36.2 Å². The molecule has 37 heavy (non-hydrogen) atoms. The van der Waals surface area contributed by atoms with Crippen LogP contribution in [0.25, 0.3) is 5.69 Å². The molecular formula is C24H25F4N4O4S+. The number of pyridine rings is 1. The smallest absolute Gasteiger partial charge is 0.307 e. The van der Waals surface area contributed by atoms with Crippen molar-refractivity contribution in [3.05, 3.63) is 70.7 Å². The second-order valence-electron chi connectivity index (χ2n) is 8.95. The van der Waals surface area contributed by atoms with Gasteiger partial charge in [-0.3, -0.25) is 9.36 Å². The lowest BCUT2D eigenvalue weighted by atomic mass is 10.1. The Morgan fingerprint density at radius 1 is 1.05 bits per heavy atom. The summed E-state index contributed by atoms with van der Waals surface area (Å²) >= 11 is 0. The first-order chi connectivity index (χ1) is 17.4. The summed E-state index contributed by atoms with van der Waals surface area (Å²) in [5.74, 6) is -0.430. The summed E-state index contributed by atoms with van der Waals surface area (Å²) in [5.41, 5.74) is -0.381. The van der Waals surface area contributed by atoms with E-state index in [2.05, 4.69) is 9.97 Å². The molecule has 0 unspecified atom stereocenters. The standard InChI is InChI=1S/C24H25F4N4O4S/c1-37(34,35)19-5-6-21(20(25)14-19)31-10-8-18(13-22(31)33)36-32(11-3-2-4-12-32)23-29-15-17(16-30-23)7-9-24(26,27)28/h5-6,8,10,13-16H,2-4,7,9,11-12H2,1H3/q+1. The summed E-state index contributed by atoms with van der Waals surface area (Å²) in [4.78, 5) is 27.4. The molecule has 1 fully saturated rings. The average Bonchev–Trinajstić information content (AvgIpc) is 2.83. The normalized spacial score (nSPS) is 15.9. The van der Waals surface area contributed by atoms with Crippen LogP contribution in [0.5, 0.6) is 5.75 Å². The van der Waals surface area contributed by atoms with Crippen LogP contribution in [-0.4, -0.2) is 48.5 Å². The first-order valence-corrected chi connectivity index (χ1v) is 13.4. The van der Waals surface area contributed by atoms with Crippen LogP contribution in [0, 0.1) is 5.82 Å². The van der Waals surface area contributed by atoms with Crippen LogP contribution in [0.3, 0.4) is 0 Å². The van der Waals surface area contributed by atoms with Crippen molar-refractivity contribution in [1.29, 1.82) is 0 Å². The van der Waals surface area contributed by atoms with Crippen LogP contribution < -0.4 is 15.0 Å². The minimum atomic E-state index is -4.28. The second kappa shape index (κ2) is 10.2. The largest absolute Gasteiger partial charge is 0.389 e. The van der Waals surface area contributed by atoms with E-state index in [9.17, 15) is 30.8 Å². The van der Waals surface area contributed by atoms with E-state index in [4.69, 9.17) is 4.84 Å². The molecule has 0 N–H and O–H groups in total. The number of benzene rings is 1. The zero-order valence-corrected chi connectivity index (χ0v) is 20.7. The predicted molar refractivity (Wildman–Crippen MR) is 128 cm³/mol. The predicted octanol–water partition coefficient (Wildman–Crippen LogP) is 4.15. The Labute approximate surface area is 210 Å². The Balaban J connectivity index is 1.60. The highest BCUT2D eigenvalue weighted by Crippen LogP contribution is 2.29. The first kappa shape index (κ1) is 26.7. The zero-order valence-electron chi connectivity index (χ0n) is 19.9. The van der Waals surface area contributed by atoms with E-state index in [0.29, 0.717) is 18.7 Å². The number of halogens is 4. The number of aryl methyl sites for hydroxylation is 1. The fourth-order valence-electron chi connectivity index (χ4n) is 4.16. The van der Waals surface area contributed by atoms with Crippen molar-refractivity contribution >= 4 is 15.8 Å². The lowest BCUT2D eigenvalue weighted by Crippen LogP contribution is -2.56. The SMILES string of the molecule is CS(=O)(=O)c1ccc(-n2ccc(O[N+]3(c4ncc(CCC(F)(F)F)cn4)CCCCC3)cc2=O)c(F)c1. The molecular weight excluding hydrogens is 516 g/mol. The Bertz CT molecular complexity index is 1430. The van der Waals surface area contributed by atoms with Crippen molar-refractivity contribution in [1.82, 2.24) is 19.2 Å². The van der Waals surface area contributed by atoms with Gasteiger partial charge in [0.25, 0.3) is 5.56 Å². The average molecular weight is 542 g/mol. The molecule has 4 rings (SSSR count). The van der Waals surface area contributed by atoms with Crippen LogP contribution in [0.4, 0.5) is 23.5 Å². The topological polar surface area (TPSA) is 91.2 Å². The van der Waals surface area contributed by atoms with Crippen LogP contribution in [0.2, 0.25) is 0 Å². The van der Waals surface area contributed by atoms with Crippen LogP contribution >= 0.6 is 0 Å². The highest BCUT2D eigenvalue weighted by Gasteiger charge is 2.39. The molecule has 13 heteroatoms. The number of piperidine rings is 1. The van der Waals surface area contributed by atoms with E-state index in [1.165, 1.54) is 42.9 Å². The van der Waals surface area contributed by atoms with Gasteiger partial charge >= 0.3 is 12.1 Å². The van der Waals surface area contributed by atoms with Gasteiger partial charge in [0.05, 0.1) is 16.6 Å². The molecule has 0 aliphatic carbocycles. The lowest BCUT2D eigenvalue weighted by molar-refractivity contribution is -0.134. The highest BCUT2D eigenvalue weighted by molar-refractivity contribution is 7.90. The molecule has 1 aliphatic rings. The Morgan fingerprint density at radius 2 is 1.73 bits per heavy atom. The molecule has 2 aromatic heterocycles. The molecule has 8 nitrogen and oxygen atoms in total. The summed E-state index contributed by atoms with van der Waals surface area (Å²) in [7, 11) is -3.61. The van der Waals surface area contributed by atoms with Gasteiger partial charge in [0.1, 0.15) is 18.9 Å². The van der Waals surface area contributed by atoms with Crippen molar-refractivity contribution in [3.63, 3.8) is 0 Å². The van der Waals surface area contributed by atoms with E-state index >= 15 is 0 Å². The number of hydroxylamine groups is 2. The fourth-order valence-corrected chi connectivity index (χ4v) is 4.79. The Morgan fingerprint density at radius 3 is 2.30 bits per heavy atom. The number of nitrogens with zero attached hydrogens (tertiary/aromatic N) is 4. The van der Waals surface area contributed by atoms with Crippen molar-refractivity contribution in [2.45, 2.75) is 43.2 Å². The number of alkyl halides is 3. The maximum atomic E-state index is 14.6. The number of hydrogen-bond acceptors (Lipinski definition) is 6. The molecule has 198 valence electrons. The van der Waals surface area contributed by atoms with Crippen molar-refractivity contribution in [2.24, 2.45) is 0 Å². The van der Waals surface area contributed by atoms with Crippen molar-refractivity contribution in [2.75, 3.05) is 19.3 Å². The van der Waals surface area contributed by atoms with Crippen molar-refractivity contribution < 1.29 is 30.8 Å². The molecule has 0 radical (unpaired) electrons. The summed E-state index contributed by atoms with van der Waals surface area (Å²) in [6.45, 7) is 0.985. The molecule has 0 saturated carbocycles. The quantitative estimate of drug-likeness (QED) is 0.330. The van der Waals surface area contributed by atoms with Gasteiger partial charge in [0.2, 0.25) is 0 Å². The number of rotatable bonds is 7. The third-order valence-electron chi connectivity index (χ3n) is 6.07. The molecule has 0 spiro atoms. The maximum absolute atomic E-state index is 14.6. The number of aromatic nitrogens is 3. The molecule has 3 aromatic rings. The molecule has 1 aromatic carbocycles. The summed E-state index contributed by atoms with van der Waals surface area (Å²) < 4.78 is 76.4. The molecule has 1 aliphatic heterocycles. The van der Waals surface area contributed by atoms with E-state index < -0.39 is 33.8 Å². The summed E-state index contributed by atoms with van der Waals surface area (Å²) in [6, 6.07) is 5.92. The monoisotopic (exact) mass is 541 g/mol. The van der Waals surface area contributed by atoms with Crippen molar-refractivity contribution in [3.8, 4) is 11.4 Å². The molecule has 0 bridgehead atoms. The highest BCUT2D eigenvalue weighted by atomic mass is 32.2. The summed E-state index contributed by atoms with van der Waals surface area (Å²) in [6.07, 6.45) is 2.03. The molecule has 3 heterocycles. The van der Waals surface area contributed by atoms with Gasteiger partial charge in [-0.15, -0.1) is 0 Å². The van der Waals surface area contributed by atoms with Gasteiger partial charge in [-0.1, -0.05) is 4.65 Å². The third-order valence-corrected chi connectivity index (χ3v) is 7.18. The Hall–Kier alpha value is -3.32. The van der Waals surface area contributed by atoms with E-state index in [-0.39, 0.29) is 33.3 Å². The maximum Gasteiger partial charge on any atom is 0.389 e. The number of hydrogen-bond donors (Lipinski definition) is 0. The van der Waals surface area contributed by atoms with E-state index in [1.54, 1.807) is 0 Å². The second-order valence-corrected chi connectivity index (χ2v) is 11.0. The van der Waals surface area contributed by atoms with E-state index in [1.807, 2.05) is 0 Å². The van der Waals surface area contributed by atoms with Crippen LogP contribution in [0.1, 0.15) is 31.2 Å². The van der Waals surface area contributed by atoms with Gasteiger partial charge in [-0.2, -0.15) is 23.1 Å². The molecule has 1 saturated heterocycles. The Kier molecular flexibility index (Phi) is 7.38. The number of quaternary nitrogens is 1. The minimum absolute atomic E-state index is 0.122. The lowest BCUT2D eigenvalue weighted by Gasteiger charge is -2.35. The summed E-state index contributed by atoms with van der Waals surface area (Å²) in [5, 5.41) is 0. The van der Waals surface area contributed by atoms with Gasteiger partial charge in [0, 0.05) is 50.2 Å². The zero-order chi connectivity index (χ0) is 26.8. The molecule has 0 atom stereocenters. The first-order valence-electron chi connectivity index (χ1n) is 11.5. The minimum Gasteiger partial charge on any atom is -0.307 e. The van der Waals surface area contributed by atoms with Crippen LogP contribution in [0.15, 0.2) is 58.6 Å². The van der Waals surface area contributed by atoms with Gasteiger partial charge in [-0.05, 0) is 36.6 Å². The number of sulfone groups is 1. The van der Waals surface area contributed by atoms with Gasteiger partial charge < -0.3 is 4.84 Å². The van der Waals surface area contributed by atoms with Gasteiger partial charge in [-0.25, -0.2) is 12.8 Å². The van der Waals surface area contributed by atoms with Crippen LogP contribution in [-0.2, 0) is 16.3 Å². The molecule has 0 amide bonds.